The smallest absolute Gasteiger partial charge is 0.0622 e. The quantitative estimate of drug-likeness (QED) is 0.206. The van der Waals surface area contributed by atoms with Crippen molar-refractivity contribution in [1.29, 1.82) is 0 Å². The Hall–Kier alpha value is -5.20. The van der Waals surface area contributed by atoms with E-state index in [1.807, 2.05) is 115 Å². The molecule has 0 aromatic heterocycles. The number of hydrogen-bond donors (Lipinski definition) is 0. The fourth-order valence-corrected chi connectivity index (χ4v) is 5.82. The van der Waals surface area contributed by atoms with Gasteiger partial charge < -0.3 is 0 Å². The van der Waals surface area contributed by atoms with E-state index in [1.165, 1.54) is 0 Å². The lowest BCUT2D eigenvalue weighted by molar-refractivity contribution is 1.65. The lowest BCUT2D eigenvalue weighted by Crippen LogP contribution is -1.92. The minimum absolute atomic E-state index is 0.0348. The van der Waals surface area contributed by atoms with E-state index in [9.17, 15) is 6.85 Å². The maximum Gasteiger partial charge on any atom is 0.0636 e. The van der Waals surface area contributed by atoms with Crippen LogP contribution in [0.25, 0.3) is 76.5 Å². The van der Waals surface area contributed by atoms with Crippen LogP contribution in [0.15, 0.2) is 158 Å². The second-order valence-corrected chi connectivity index (χ2v) is 9.95. The first-order valence-corrected chi connectivity index (χ1v) is 13.3. The zero-order valence-electron chi connectivity index (χ0n) is 28.5. The largest absolute Gasteiger partial charge is 0.0636 e. The normalized spacial score (nSPS) is 13.9. The van der Waals surface area contributed by atoms with Crippen LogP contribution in [0.5, 0.6) is 0 Å². The van der Waals surface area contributed by atoms with Crippen LogP contribution in [0, 0.1) is 0 Å². The van der Waals surface area contributed by atoms with Gasteiger partial charge in [0, 0.05) is 0 Å². The van der Waals surface area contributed by atoms with Crippen molar-refractivity contribution in [2.45, 2.75) is 0 Å². The molecule has 0 atom stereocenters. The van der Waals surface area contributed by atoms with Gasteiger partial charge in [0.1, 0.15) is 0 Å². The Bertz CT molecular complexity index is 2590. The van der Waals surface area contributed by atoms with Crippen molar-refractivity contribution in [1.82, 2.24) is 0 Å². The van der Waals surface area contributed by atoms with E-state index < -0.39 is 0 Å². The lowest BCUT2D eigenvalue weighted by Gasteiger charge is -2.19. The van der Waals surface area contributed by atoms with Crippen molar-refractivity contribution < 1.29 is 9.60 Å². The average molecular weight is 514 g/mol. The molecule has 0 saturated heterocycles. The Morgan fingerprint density at radius 3 is 1.85 bits per heavy atom. The van der Waals surface area contributed by atoms with E-state index >= 15 is 0 Å². The summed E-state index contributed by atoms with van der Waals surface area (Å²) in [7, 11) is 0. The van der Waals surface area contributed by atoms with Gasteiger partial charge in [0.25, 0.3) is 0 Å². The molecule has 0 spiro atoms. The highest BCUT2D eigenvalue weighted by Crippen LogP contribution is 2.45. The summed E-state index contributed by atoms with van der Waals surface area (Å²) >= 11 is 0. The molecule has 0 radical (unpaired) electrons. The van der Waals surface area contributed by atoms with Gasteiger partial charge in [-0.05, 0) is 88.6 Å². The summed E-state index contributed by atoms with van der Waals surface area (Å²) in [6.45, 7) is 0. The van der Waals surface area contributed by atoms with Crippen LogP contribution in [0.3, 0.4) is 0 Å². The second-order valence-electron chi connectivity index (χ2n) is 9.95. The van der Waals surface area contributed by atoms with Gasteiger partial charge >= 0.3 is 0 Å². The summed E-state index contributed by atoms with van der Waals surface area (Å²) in [6.07, 6.45) is 0. The molecular formula is C40H26. The highest BCUT2D eigenvalue weighted by molar-refractivity contribution is 6.22. The molecule has 0 saturated carbocycles. The summed E-state index contributed by atoms with van der Waals surface area (Å²) in [5.74, 6) is 0. The van der Waals surface area contributed by atoms with Gasteiger partial charge in [0.05, 0.1) is 9.60 Å². The second kappa shape index (κ2) is 9.22. The number of benzene rings is 8. The number of fused-ring (bicyclic) bond motifs is 4. The third-order valence-electron chi connectivity index (χ3n) is 7.66. The first-order valence-electron chi connectivity index (χ1n) is 16.8. The van der Waals surface area contributed by atoms with Gasteiger partial charge in [-0.2, -0.15) is 0 Å². The van der Waals surface area contributed by atoms with E-state index in [0.717, 1.165) is 21.5 Å². The van der Waals surface area contributed by atoms with E-state index in [-0.39, 0.29) is 53.1 Å². The summed E-state index contributed by atoms with van der Waals surface area (Å²) in [6, 6.07) is 35.1. The van der Waals surface area contributed by atoms with Gasteiger partial charge in [-0.15, -0.1) is 0 Å². The van der Waals surface area contributed by atoms with Crippen molar-refractivity contribution in [2.75, 3.05) is 0 Å². The molecule has 8 aromatic carbocycles. The molecule has 0 N–H and O–H groups in total. The Morgan fingerprint density at radius 1 is 0.375 bits per heavy atom. The maximum absolute atomic E-state index is 9.87. The van der Waals surface area contributed by atoms with Crippen LogP contribution in [-0.4, -0.2) is 0 Å². The summed E-state index contributed by atoms with van der Waals surface area (Å²) < 4.78 is 64.8. The summed E-state index contributed by atoms with van der Waals surface area (Å²) in [4.78, 5) is 0. The Morgan fingerprint density at radius 2 is 1.02 bits per heavy atom. The van der Waals surface area contributed by atoms with Crippen LogP contribution in [0.2, 0.25) is 0 Å². The molecule has 0 aliphatic rings. The molecule has 0 aliphatic carbocycles. The van der Waals surface area contributed by atoms with Gasteiger partial charge in [0.15, 0.2) is 0 Å². The van der Waals surface area contributed by atoms with Crippen LogP contribution in [0.4, 0.5) is 0 Å². The van der Waals surface area contributed by atoms with E-state index in [0.29, 0.717) is 44.2 Å². The van der Waals surface area contributed by atoms with Gasteiger partial charge in [-0.25, -0.2) is 0 Å². The van der Waals surface area contributed by atoms with Crippen molar-refractivity contribution in [3.8, 4) is 33.4 Å². The summed E-state index contributed by atoms with van der Waals surface area (Å²) in [5.41, 5.74) is 3.15. The highest BCUT2D eigenvalue weighted by Gasteiger charge is 2.18. The lowest BCUT2D eigenvalue weighted by atomic mass is 9.84. The predicted molar refractivity (Wildman–Crippen MR) is 173 cm³/mol. The van der Waals surface area contributed by atoms with Gasteiger partial charge in [-0.3, -0.25) is 0 Å². The molecule has 0 unspecified atom stereocenters. The molecular weight excluding hydrogens is 480 g/mol. The molecule has 0 amide bonds. The molecule has 8 rings (SSSR count). The Kier molecular flexibility index (Phi) is 3.85. The minimum atomic E-state index is -0.376. The minimum Gasteiger partial charge on any atom is -0.0622 e. The predicted octanol–water partition coefficient (Wildman–Crippen LogP) is 11.3. The highest BCUT2D eigenvalue weighted by atomic mass is 14.2. The number of rotatable bonds is 3. The molecule has 0 bridgehead atoms. The molecule has 0 aliphatic heterocycles. The zero-order valence-corrected chi connectivity index (χ0v) is 21.5. The van der Waals surface area contributed by atoms with Crippen molar-refractivity contribution in [2.24, 2.45) is 0 Å². The molecule has 40 heavy (non-hydrogen) atoms. The monoisotopic (exact) mass is 513 g/mol. The van der Waals surface area contributed by atoms with Crippen molar-refractivity contribution >= 4 is 43.1 Å². The summed E-state index contributed by atoms with van der Waals surface area (Å²) in [5, 5.41) is 4.97. The Balaban J connectivity index is 1.68. The SMILES string of the molecule is [2H]c1c([2H])c([2H])c2c(-c3ccccc3)c3c([2H])c(-c4cccc5ccccc45)c([2H])c([2H])c3c(-c3ccc4ccccc4c3)c2c1[2H]. The van der Waals surface area contributed by atoms with Crippen molar-refractivity contribution in [3.05, 3.63) is 158 Å². The fraction of sp³-hybridized carbons (Fsp3) is 0. The van der Waals surface area contributed by atoms with E-state index in [2.05, 4.69) is 0 Å². The van der Waals surface area contributed by atoms with Gasteiger partial charge in [-0.1, -0.05) is 145 Å². The zero-order chi connectivity index (χ0) is 32.6. The molecule has 8 aromatic rings. The van der Waals surface area contributed by atoms with Crippen LogP contribution in [-0.2, 0) is 0 Å². The maximum atomic E-state index is 9.87. The molecule has 186 valence electrons. The fourth-order valence-electron chi connectivity index (χ4n) is 5.82. The first kappa shape index (κ1) is 16.7. The molecule has 0 heterocycles. The first-order chi connectivity index (χ1) is 22.8. The topological polar surface area (TPSA) is 0 Å². The molecule has 0 heteroatoms. The molecule has 0 fully saturated rings. The standard InChI is InChI=1S/C40H26/c1-2-13-29(14-3-1)39-35-18-8-9-19-36(35)40(32-22-21-27-11-4-5-15-30(27)25-32)37-24-23-31(26-38(37)39)34-20-10-16-28-12-6-7-17-33(28)34/h1-26H/i8D,9D,18D,19D,23D,24D,26D. The van der Waals surface area contributed by atoms with Gasteiger partial charge in [0.2, 0.25) is 0 Å². The van der Waals surface area contributed by atoms with Crippen LogP contribution >= 0.6 is 0 Å². The van der Waals surface area contributed by atoms with E-state index in [1.54, 1.807) is 0 Å². The third kappa shape index (κ3) is 3.61. The van der Waals surface area contributed by atoms with Crippen LogP contribution in [0.1, 0.15) is 9.60 Å². The third-order valence-corrected chi connectivity index (χ3v) is 7.66. The number of hydrogen-bond acceptors (Lipinski definition) is 0. The molecule has 0 nitrogen and oxygen atoms in total. The average Bonchev–Trinajstić information content (AvgIpc) is 3.11. The van der Waals surface area contributed by atoms with E-state index in [4.69, 9.17) is 2.74 Å². The van der Waals surface area contributed by atoms with Crippen LogP contribution < -0.4 is 0 Å². The Labute approximate surface area is 243 Å². The van der Waals surface area contributed by atoms with Crippen molar-refractivity contribution in [3.63, 3.8) is 0 Å².